The van der Waals surface area contributed by atoms with Gasteiger partial charge in [-0.25, -0.2) is 9.78 Å². The van der Waals surface area contributed by atoms with Crippen molar-refractivity contribution in [3.05, 3.63) is 16.6 Å². The second-order valence-electron chi connectivity index (χ2n) is 8.12. The van der Waals surface area contributed by atoms with Crippen LogP contribution >= 0.6 is 11.3 Å². The number of carboxylic acids is 1. The number of hydrogen-bond acceptors (Lipinski definition) is 6. The zero-order valence-corrected chi connectivity index (χ0v) is 17.8. The Morgan fingerprint density at radius 3 is 2.48 bits per heavy atom. The molecule has 0 bridgehead atoms. The van der Waals surface area contributed by atoms with E-state index >= 15 is 0 Å². The molecule has 0 spiro atoms. The van der Waals surface area contributed by atoms with Crippen LogP contribution in [0.3, 0.4) is 0 Å². The summed E-state index contributed by atoms with van der Waals surface area (Å²) in [5.41, 5.74) is 0. The van der Waals surface area contributed by atoms with Gasteiger partial charge in [0.2, 0.25) is 11.8 Å². The molecule has 2 saturated heterocycles. The van der Waals surface area contributed by atoms with Gasteiger partial charge >= 0.3 is 12.1 Å². The normalized spacial score (nSPS) is 25.5. The molecule has 31 heavy (non-hydrogen) atoms. The predicted molar refractivity (Wildman–Crippen MR) is 105 cm³/mol. The number of thiazole rings is 1. The Balaban J connectivity index is 0.000000339. The van der Waals surface area contributed by atoms with Crippen molar-refractivity contribution in [3.63, 3.8) is 0 Å². The summed E-state index contributed by atoms with van der Waals surface area (Å²) in [4.78, 5) is 42.2. The number of amides is 2. The third-order valence-corrected chi connectivity index (χ3v) is 6.48. The first-order valence-corrected chi connectivity index (χ1v) is 10.9. The Kier molecular flexibility index (Phi) is 7.20. The highest BCUT2D eigenvalue weighted by atomic mass is 32.1. The zero-order valence-electron chi connectivity index (χ0n) is 17.0. The summed E-state index contributed by atoms with van der Waals surface area (Å²) in [5, 5.41) is 13.3. The summed E-state index contributed by atoms with van der Waals surface area (Å²) in [6.45, 7) is 4.99. The third kappa shape index (κ3) is 6.16. The number of rotatable bonds is 5. The fraction of sp³-hybridized carbons (Fsp3) is 0.684. The second kappa shape index (κ2) is 9.51. The summed E-state index contributed by atoms with van der Waals surface area (Å²) >= 11 is 1.67. The van der Waals surface area contributed by atoms with E-state index < -0.39 is 12.1 Å². The first-order valence-electron chi connectivity index (χ1n) is 10.0. The van der Waals surface area contributed by atoms with Crippen LogP contribution in [0.2, 0.25) is 0 Å². The molecule has 1 aliphatic carbocycles. The van der Waals surface area contributed by atoms with Crippen LogP contribution in [0, 0.1) is 11.8 Å². The van der Waals surface area contributed by atoms with Gasteiger partial charge in [-0.3, -0.25) is 14.5 Å². The monoisotopic (exact) mass is 462 g/mol. The van der Waals surface area contributed by atoms with Gasteiger partial charge in [-0.1, -0.05) is 0 Å². The molecular weight excluding hydrogens is 437 g/mol. The summed E-state index contributed by atoms with van der Waals surface area (Å²) < 4.78 is 31.7. The Morgan fingerprint density at radius 2 is 1.97 bits per heavy atom. The number of nitrogens with one attached hydrogen (secondary N) is 1. The largest absolute Gasteiger partial charge is 0.490 e. The van der Waals surface area contributed by atoms with Gasteiger partial charge in [-0.2, -0.15) is 13.2 Å². The number of aromatic nitrogens is 1. The van der Waals surface area contributed by atoms with E-state index in [-0.39, 0.29) is 23.9 Å². The highest BCUT2D eigenvalue weighted by molar-refractivity contribution is 7.09. The van der Waals surface area contributed by atoms with E-state index in [4.69, 9.17) is 9.90 Å². The summed E-state index contributed by atoms with van der Waals surface area (Å²) in [6, 6.07) is -0.114. The molecule has 2 N–H and O–H groups in total. The Bertz CT molecular complexity index is 801. The van der Waals surface area contributed by atoms with Crippen molar-refractivity contribution in [2.24, 2.45) is 11.8 Å². The number of aliphatic carboxylic acids is 1. The first-order chi connectivity index (χ1) is 14.6. The van der Waals surface area contributed by atoms with Crippen LogP contribution in [-0.4, -0.2) is 75.6 Å². The molecule has 0 radical (unpaired) electrons. The topological polar surface area (TPSA) is 103 Å². The van der Waals surface area contributed by atoms with Gasteiger partial charge in [0.15, 0.2) is 0 Å². The summed E-state index contributed by atoms with van der Waals surface area (Å²) in [6.07, 6.45) is -0.0230. The lowest BCUT2D eigenvalue weighted by atomic mass is 10.0. The molecule has 3 heterocycles. The number of likely N-dealkylation sites (tertiary alicyclic amines) is 2. The molecule has 12 heteroatoms. The van der Waals surface area contributed by atoms with Gasteiger partial charge in [0.05, 0.1) is 6.54 Å². The standard InChI is InChI=1S/C17H24N4O2S.C2HF3O2/c1-11(22)21-14(17(23)19-7-12-2-3-12)6-13-8-20(9-15(13)21)10-16-18-4-5-24-16;3-2(4,5)1(6)7/h4-5,12-15H,2-3,6-10H2,1H3,(H,19,23);(H,6,7)/t13-,14-,15+;/m1./s1. The highest BCUT2D eigenvalue weighted by Gasteiger charge is 2.50. The first kappa shape index (κ1) is 23.5. The maximum atomic E-state index is 12.5. The number of carboxylic acid groups (broad SMARTS) is 1. The Morgan fingerprint density at radius 1 is 1.29 bits per heavy atom. The van der Waals surface area contributed by atoms with Crippen LogP contribution in [0.15, 0.2) is 11.6 Å². The van der Waals surface area contributed by atoms with Crippen molar-refractivity contribution in [1.29, 1.82) is 0 Å². The van der Waals surface area contributed by atoms with Crippen molar-refractivity contribution < 1.29 is 32.7 Å². The van der Waals surface area contributed by atoms with Crippen LogP contribution in [0.25, 0.3) is 0 Å². The molecule has 1 aromatic rings. The minimum Gasteiger partial charge on any atom is -0.475 e. The summed E-state index contributed by atoms with van der Waals surface area (Å²) in [5.74, 6) is -1.64. The number of carbonyl (C=O) groups excluding carboxylic acids is 2. The molecule has 1 aromatic heterocycles. The van der Waals surface area contributed by atoms with Crippen LogP contribution in [0.1, 0.15) is 31.2 Å². The molecule has 8 nitrogen and oxygen atoms in total. The second-order valence-corrected chi connectivity index (χ2v) is 9.10. The predicted octanol–water partition coefficient (Wildman–Crippen LogP) is 1.72. The van der Waals surface area contributed by atoms with E-state index in [1.54, 1.807) is 18.3 Å². The molecule has 0 unspecified atom stereocenters. The van der Waals surface area contributed by atoms with E-state index in [1.807, 2.05) is 16.5 Å². The lowest BCUT2D eigenvalue weighted by Gasteiger charge is -2.29. The van der Waals surface area contributed by atoms with Gasteiger partial charge in [0, 0.05) is 44.2 Å². The molecule has 2 amide bonds. The van der Waals surface area contributed by atoms with Gasteiger partial charge in [0.25, 0.3) is 0 Å². The summed E-state index contributed by atoms with van der Waals surface area (Å²) in [7, 11) is 0. The molecule has 1 saturated carbocycles. The van der Waals surface area contributed by atoms with E-state index in [0.717, 1.165) is 37.6 Å². The van der Waals surface area contributed by atoms with Crippen molar-refractivity contribution in [1.82, 2.24) is 20.1 Å². The Labute approximate surface area is 181 Å². The minimum atomic E-state index is -5.08. The number of alkyl halides is 3. The van der Waals surface area contributed by atoms with E-state index in [9.17, 15) is 22.8 Å². The van der Waals surface area contributed by atoms with Crippen LogP contribution in [0.4, 0.5) is 13.2 Å². The molecule has 2 aliphatic heterocycles. The van der Waals surface area contributed by atoms with E-state index in [2.05, 4.69) is 15.2 Å². The van der Waals surface area contributed by atoms with E-state index in [1.165, 1.54) is 12.8 Å². The van der Waals surface area contributed by atoms with Gasteiger partial charge < -0.3 is 15.3 Å². The lowest BCUT2D eigenvalue weighted by molar-refractivity contribution is -0.192. The van der Waals surface area contributed by atoms with Crippen molar-refractivity contribution >= 4 is 29.1 Å². The molecule has 0 aromatic carbocycles. The van der Waals surface area contributed by atoms with Crippen molar-refractivity contribution in [2.75, 3.05) is 19.6 Å². The average Bonchev–Trinajstić information content (AvgIpc) is 3.05. The van der Waals surface area contributed by atoms with Crippen LogP contribution < -0.4 is 5.32 Å². The number of carbonyl (C=O) groups is 3. The average molecular weight is 462 g/mol. The van der Waals surface area contributed by atoms with Crippen molar-refractivity contribution in [2.45, 2.75) is 51.0 Å². The van der Waals surface area contributed by atoms with Crippen molar-refractivity contribution in [3.8, 4) is 0 Å². The molecular formula is C19H25F3N4O4S. The maximum Gasteiger partial charge on any atom is 0.490 e. The Hall–Kier alpha value is -2.21. The SMILES string of the molecule is CC(=O)N1[C@@H](C(=O)NCC2CC2)C[C@@H]2CN(Cc3nccs3)C[C@@H]21.O=C(O)C(F)(F)F. The minimum absolute atomic E-state index is 0.0187. The fourth-order valence-electron chi connectivity index (χ4n) is 4.14. The fourth-order valence-corrected chi connectivity index (χ4v) is 4.80. The highest BCUT2D eigenvalue weighted by Crippen LogP contribution is 2.37. The number of hydrogen-bond donors (Lipinski definition) is 2. The van der Waals surface area contributed by atoms with Gasteiger partial charge in [0.1, 0.15) is 11.0 Å². The zero-order chi connectivity index (χ0) is 22.8. The number of fused-ring (bicyclic) bond motifs is 1. The third-order valence-electron chi connectivity index (χ3n) is 5.71. The van der Waals surface area contributed by atoms with Crippen LogP contribution in [-0.2, 0) is 20.9 Å². The quantitative estimate of drug-likeness (QED) is 0.691. The molecule has 172 valence electrons. The van der Waals surface area contributed by atoms with E-state index in [0.29, 0.717) is 11.8 Å². The van der Waals surface area contributed by atoms with Crippen LogP contribution in [0.5, 0.6) is 0 Å². The maximum absolute atomic E-state index is 12.5. The smallest absolute Gasteiger partial charge is 0.475 e. The molecule has 3 aliphatic rings. The molecule has 3 atom stereocenters. The lowest BCUT2D eigenvalue weighted by Crippen LogP contribution is -2.50. The molecule has 4 rings (SSSR count). The molecule has 3 fully saturated rings. The number of nitrogens with zero attached hydrogens (tertiary/aromatic N) is 3. The number of halogens is 3. The van der Waals surface area contributed by atoms with Gasteiger partial charge in [-0.05, 0) is 31.1 Å². The van der Waals surface area contributed by atoms with Gasteiger partial charge in [-0.15, -0.1) is 11.3 Å².